The summed E-state index contributed by atoms with van der Waals surface area (Å²) in [7, 11) is 3.90. The zero-order valence-electron chi connectivity index (χ0n) is 17.7. The van der Waals surface area contributed by atoms with E-state index in [0.29, 0.717) is 19.4 Å². The summed E-state index contributed by atoms with van der Waals surface area (Å²) in [6.45, 7) is 1.33. The van der Waals surface area contributed by atoms with E-state index in [4.69, 9.17) is 4.74 Å². The van der Waals surface area contributed by atoms with Gasteiger partial charge in [0.1, 0.15) is 6.04 Å². The lowest BCUT2D eigenvalue weighted by atomic mass is 9.81. The number of fused-ring (bicyclic) bond motifs is 1. The van der Waals surface area contributed by atoms with E-state index < -0.39 is 24.5 Å². The smallest absolute Gasteiger partial charge is 0.329 e. The molecule has 162 valence electrons. The molecule has 0 bridgehead atoms. The fourth-order valence-corrected chi connectivity index (χ4v) is 4.10. The Bertz CT molecular complexity index is 797. The van der Waals surface area contributed by atoms with E-state index in [1.807, 2.05) is 43.3 Å². The van der Waals surface area contributed by atoms with Crippen molar-refractivity contribution in [1.82, 2.24) is 10.2 Å². The van der Waals surface area contributed by atoms with Gasteiger partial charge in [0.15, 0.2) is 6.61 Å². The summed E-state index contributed by atoms with van der Waals surface area (Å²) in [5, 5.41) is 2.69. The Balaban J connectivity index is 1.47. The van der Waals surface area contributed by atoms with E-state index in [0.717, 1.165) is 29.0 Å². The van der Waals surface area contributed by atoms with Crippen LogP contribution in [0.15, 0.2) is 24.3 Å². The lowest BCUT2D eigenvalue weighted by Crippen LogP contribution is -2.45. The highest BCUT2D eigenvalue weighted by Gasteiger charge is 2.51. The number of amides is 3. The van der Waals surface area contributed by atoms with Crippen molar-refractivity contribution in [2.75, 3.05) is 25.6 Å². The summed E-state index contributed by atoms with van der Waals surface area (Å²) in [6.07, 6.45) is 3.21. The summed E-state index contributed by atoms with van der Waals surface area (Å²) < 4.78 is 5.06. The number of esters is 1. The number of ether oxygens (including phenoxy) is 1. The predicted molar refractivity (Wildman–Crippen MR) is 110 cm³/mol. The Morgan fingerprint density at radius 1 is 1.10 bits per heavy atom. The highest BCUT2D eigenvalue weighted by Crippen LogP contribution is 2.38. The van der Waals surface area contributed by atoms with Crippen LogP contribution >= 0.6 is 0 Å². The van der Waals surface area contributed by atoms with Gasteiger partial charge in [-0.1, -0.05) is 25.0 Å². The topological polar surface area (TPSA) is 96.0 Å². The lowest BCUT2D eigenvalue weighted by Gasteiger charge is -2.21. The van der Waals surface area contributed by atoms with Gasteiger partial charge in [0.2, 0.25) is 11.8 Å². The molecule has 0 radical (unpaired) electrons. The molecule has 8 heteroatoms. The van der Waals surface area contributed by atoms with Crippen LogP contribution in [0.4, 0.5) is 5.69 Å². The Labute approximate surface area is 176 Å². The molecule has 3 rings (SSSR count). The van der Waals surface area contributed by atoms with Gasteiger partial charge in [-0.05, 0) is 37.5 Å². The van der Waals surface area contributed by atoms with Gasteiger partial charge < -0.3 is 15.0 Å². The number of rotatable bonds is 7. The van der Waals surface area contributed by atoms with Crippen molar-refractivity contribution in [2.45, 2.75) is 45.2 Å². The van der Waals surface area contributed by atoms with E-state index in [1.54, 1.807) is 0 Å². The van der Waals surface area contributed by atoms with Crippen molar-refractivity contribution < 1.29 is 23.9 Å². The first-order chi connectivity index (χ1) is 14.3. The maximum Gasteiger partial charge on any atom is 0.329 e. The number of hydrogen-bond acceptors (Lipinski definition) is 6. The molecular weight excluding hydrogens is 386 g/mol. The number of hydrogen-bond donors (Lipinski definition) is 1. The molecule has 1 aromatic carbocycles. The second-order valence-electron chi connectivity index (χ2n) is 8.17. The summed E-state index contributed by atoms with van der Waals surface area (Å²) in [5.74, 6) is -2.41. The van der Waals surface area contributed by atoms with Gasteiger partial charge in [-0.15, -0.1) is 0 Å². The van der Waals surface area contributed by atoms with Crippen molar-refractivity contribution in [3.8, 4) is 0 Å². The van der Waals surface area contributed by atoms with Gasteiger partial charge in [0.25, 0.3) is 5.91 Å². The van der Waals surface area contributed by atoms with Crippen molar-refractivity contribution in [3.63, 3.8) is 0 Å². The van der Waals surface area contributed by atoms with Crippen molar-refractivity contribution in [2.24, 2.45) is 11.8 Å². The van der Waals surface area contributed by atoms with Crippen LogP contribution in [-0.4, -0.2) is 55.3 Å². The number of nitrogens with zero attached hydrogens (tertiary/aromatic N) is 2. The third-order valence-corrected chi connectivity index (χ3v) is 5.89. The van der Waals surface area contributed by atoms with Gasteiger partial charge in [-0.2, -0.15) is 0 Å². The first kappa shape index (κ1) is 21.8. The second-order valence-corrected chi connectivity index (χ2v) is 8.17. The van der Waals surface area contributed by atoms with Gasteiger partial charge in [-0.25, -0.2) is 4.79 Å². The van der Waals surface area contributed by atoms with Crippen molar-refractivity contribution >= 4 is 29.4 Å². The van der Waals surface area contributed by atoms with E-state index in [1.165, 1.54) is 6.92 Å². The first-order valence-corrected chi connectivity index (χ1v) is 10.4. The van der Waals surface area contributed by atoms with Crippen molar-refractivity contribution in [3.05, 3.63) is 29.8 Å². The molecular formula is C22H29N3O5. The minimum atomic E-state index is -1.03. The zero-order valence-corrected chi connectivity index (χ0v) is 17.7. The molecule has 1 saturated heterocycles. The molecule has 1 aliphatic heterocycles. The summed E-state index contributed by atoms with van der Waals surface area (Å²) in [4.78, 5) is 52.5. The second kappa shape index (κ2) is 9.28. The highest BCUT2D eigenvalue weighted by atomic mass is 16.5. The maximum absolute atomic E-state index is 12.6. The Morgan fingerprint density at radius 3 is 2.20 bits per heavy atom. The molecule has 8 nitrogen and oxygen atoms in total. The summed E-state index contributed by atoms with van der Waals surface area (Å²) >= 11 is 0. The molecule has 3 atom stereocenters. The van der Waals surface area contributed by atoms with Crippen LogP contribution in [0.25, 0.3) is 0 Å². The van der Waals surface area contributed by atoms with E-state index in [-0.39, 0.29) is 23.7 Å². The van der Waals surface area contributed by atoms with E-state index in [2.05, 4.69) is 5.32 Å². The molecule has 2 aliphatic rings. The Morgan fingerprint density at radius 2 is 1.67 bits per heavy atom. The average molecular weight is 415 g/mol. The third kappa shape index (κ3) is 4.63. The van der Waals surface area contributed by atoms with Crippen LogP contribution in [0.3, 0.4) is 0 Å². The van der Waals surface area contributed by atoms with Gasteiger partial charge in [-0.3, -0.25) is 19.3 Å². The van der Waals surface area contributed by atoms with Gasteiger partial charge in [0, 0.05) is 26.3 Å². The Hall–Kier alpha value is -2.90. The number of anilines is 1. The molecule has 0 unspecified atom stereocenters. The van der Waals surface area contributed by atoms with E-state index in [9.17, 15) is 19.2 Å². The normalized spacial score (nSPS) is 21.8. The van der Waals surface area contributed by atoms with Crippen molar-refractivity contribution in [1.29, 1.82) is 0 Å². The number of nitrogens with one attached hydrogen (secondary N) is 1. The number of carbonyl (C=O) groups excluding carboxylic acids is 4. The molecule has 3 amide bonds. The molecule has 1 saturated carbocycles. The van der Waals surface area contributed by atoms with Gasteiger partial charge >= 0.3 is 5.97 Å². The first-order valence-electron chi connectivity index (χ1n) is 10.4. The number of imide groups is 1. The Kier molecular flexibility index (Phi) is 6.74. The van der Waals surface area contributed by atoms with Crippen LogP contribution in [0.2, 0.25) is 0 Å². The highest BCUT2D eigenvalue weighted by molar-refractivity contribution is 6.07. The standard InChI is InChI=1S/C22H29N3O5/c1-14(25-20(27)17-6-4-5-7-18(17)21(25)28)22(29)30-13-19(26)23-12-15-8-10-16(11-9-15)24(2)3/h8-11,14,17-18H,4-7,12-13H2,1-3H3,(H,23,26)/t14-,17-,18+/m0/s1. The fraction of sp³-hybridized carbons (Fsp3) is 0.545. The van der Waals surface area contributed by atoms with Crippen LogP contribution < -0.4 is 10.2 Å². The molecule has 0 spiro atoms. The van der Waals surface area contributed by atoms with Crippen LogP contribution in [0, 0.1) is 11.8 Å². The van der Waals surface area contributed by atoms with Gasteiger partial charge in [0.05, 0.1) is 11.8 Å². The maximum atomic E-state index is 12.6. The van der Waals surface area contributed by atoms with Crippen LogP contribution in [-0.2, 0) is 30.5 Å². The summed E-state index contributed by atoms with van der Waals surface area (Å²) in [5.41, 5.74) is 1.98. The lowest BCUT2D eigenvalue weighted by molar-refractivity contribution is -0.159. The summed E-state index contributed by atoms with van der Waals surface area (Å²) in [6, 6.07) is 6.69. The fourth-order valence-electron chi connectivity index (χ4n) is 4.10. The third-order valence-electron chi connectivity index (χ3n) is 5.89. The average Bonchev–Trinajstić information content (AvgIpc) is 3.00. The largest absolute Gasteiger partial charge is 0.454 e. The zero-order chi connectivity index (χ0) is 21.8. The number of carbonyl (C=O) groups is 4. The predicted octanol–water partition coefficient (Wildman–Crippen LogP) is 1.48. The molecule has 0 aromatic heterocycles. The number of benzene rings is 1. The monoisotopic (exact) mass is 415 g/mol. The molecule has 1 aromatic rings. The molecule has 2 fully saturated rings. The molecule has 30 heavy (non-hydrogen) atoms. The SMILES string of the molecule is C[C@@H](C(=O)OCC(=O)NCc1ccc(N(C)C)cc1)N1C(=O)[C@H]2CCCC[C@H]2C1=O. The van der Waals surface area contributed by atoms with E-state index >= 15 is 0 Å². The molecule has 1 N–H and O–H groups in total. The minimum absolute atomic E-state index is 0.292. The minimum Gasteiger partial charge on any atom is -0.454 e. The molecule has 1 aliphatic carbocycles. The quantitative estimate of drug-likeness (QED) is 0.535. The van der Waals surface area contributed by atoms with Crippen LogP contribution in [0.5, 0.6) is 0 Å². The molecule has 1 heterocycles. The number of likely N-dealkylation sites (tertiary alicyclic amines) is 1. The van der Waals surface area contributed by atoms with Crippen LogP contribution in [0.1, 0.15) is 38.2 Å².